The van der Waals surface area contributed by atoms with Crippen molar-refractivity contribution in [3.05, 3.63) is 0 Å². The van der Waals surface area contributed by atoms with E-state index in [0.29, 0.717) is 5.75 Å². The average molecular weight is 165 g/mol. The molecule has 0 unspecified atom stereocenters. The van der Waals surface area contributed by atoms with Gasteiger partial charge in [0.05, 0.1) is 0 Å². The molecule has 0 aliphatic heterocycles. The molecule has 0 amide bonds. The lowest BCUT2D eigenvalue weighted by molar-refractivity contribution is 0.206. The third kappa shape index (κ3) is 5.05. The largest absolute Gasteiger partial charge is 0.396 e. The number of hydrogen-bond acceptors (Lipinski definition) is 4. The van der Waals surface area contributed by atoms with E-state index in [0.717, 1.165) is 18.6 Å². The van der Waals surface area contributed by atoms with Crippen LogP contribution in [0.1, 0.15) is 0 Å². The summed E-state index contributed by atoms with van der Waals surface area (Å²) in [5, 5.41) is 8.75. The van der Waals surface area contributed by atoms with Crippen LogP contribution in [-0.2, 0) is 0 Å². The first-order valence-corrected chi connectivity index (χ1v) is 4.17. The summed E-state index contributed by atoms with van der Waals surface area (Å²) in [7, 11) is 3.90. The summed E-state index contributed by atoms with van der Waals surface area (Å²) in [6.07, 6.45) is 0. The monoisotopic (exact) mass is 165 g/mol. The van der Waals surface area contributed by atoms with Crippen molar-refractivity contribution in [2.45, 2.75) is 0 Å². The molecular formula is C6H15NO2S. The molecule has 0 saturated heterocycles. The fraction of sp³-hybridized carbons (Fsp3) is 1.00. The third-order valence-electron chi connectivity index (χ3n) is 1.19. The minimum Gasteiger partial charge on any atom is -0.396 e. The van der Waals surface area contributed by atoms with Gasteiger partial charge in [0.2, 0.25) is 0 Å². The summed E-state index contributed by atoms with van der Waals surface area (Å²) >= 11 is 0.790. The Kier molecular flexibility index (Phi) is 6.11. The van der Waals surface area contributed by atoms with E-state index >= 15 is 0 Å². The van der Waals surface area contributed by atoms with E-state index in [1.54, 1.807) is 0 Å². The van der Waals surface area contributed by atoms with Crippen molar-refractivity contribution in [3.8, 4) is 0 Å². The molecule has 0 aliphatic rings. The number of aliphatic hydroxyl groups is 1. The SMILES string of the molecule is CN(C)C[C@@H](CO)CSO. The van der Waals surface area contributed by atoms with Gasteiger partial charge >= 0.3 is 0 Å². The lowest BCUT2D eigenvalue weighted by Gasteiger charge is -2.16. The van der Waals surface area contributed by atoms with Gasteiger partial charge in [0.25, 0.3) is 0 Å². The molecule has 0 spiro atoms. The van der Waals surface area contributed by atoms with E-state index in [9.17, 15) is 0 Å². The van der Waals surface area contributed by atoms with Crippen LogP contribution in [0.15, 0.2) is 0 Å². The van der Waals surface area contributed by atoms with E-state index in [4.69, 9.17) is 9.66 Å². The number of rotatable bonds is 5. The molecule has 0 bridgehead atoms. The fourth-order valence-electron chi connectivity index (χ4n) is 0.785. The zero-order valence-electron chi connectivity index (χ0n) is 6.45. The van der Waals surface area contributed by atoms with Gasteiger partial charge in [0.15, 0.2) is 0 Å². The predicted octanol–water partition coefficient (Wildman–Crippen LogP) is 0.363. The minimum absolute atomic E-state index is 0.145. The van der Waals surface area contributed by atoms with Crippen LogP contribution in [0.3, 0.4) is 0 Å². The van der Waals surface area contributed by atoms with Crippen molar-refractivity contribution in [1.82, 2.24) is 4.90 Å². The smallest absolute Gasteiger partial charge is 0.0480 e. The topological polar surface area (TPSA) is 43.7 Å². The Morgan fingerprint density at radius 2 is 2.10 bits per heavy atom. The fourth-order valence-corrected chi connectivity index (χ4v) is 1.21. The molecule has 0 saturated carbocycles. The van der Waals surface area contributed by atoms with Gasteiger partial charge in [-0.05, 0) is 26.1 Å². The molecule has 0 rings (SSSR count). The molecule has 0 aliphatic carbocycles. The van der Waals surface area contributed by atoms with E-state index in [-0.39, 0.29) is 12.5 Å². The summed E-state index contributed by atoms with van der Waals surface area (Å²) in [6.45, 7) is 0.968. The molecule has 4 heteroatoms. The lowest BCUT2D eigenvalue weighted by atomic mass is 10.2. The molecule has 0 radical (unpaired) electrons. The van der Waals surface area contributed by atoms with Gasteiger partial charge in [-0.1, -0.05) is 0 Å². The van der Waals surface area contributed by atoms with Gasteiger partial charge in [0, 0.05) is 24.8 Å². The van der Waals surface area contributed by atoms with Gasteiger partial charge in [0.1, 0.15) is 0 Å². The molecule has 10 heavy (non-hydrogen) atoms. The highest BCUT2D eigenvalue weighted by Crippen LogP contribution is 2.04. The Hall–Kier alpha value is 0.230. The molecule has 0 aromatic carbocycles. The molecule has 2 N–H and O–H groups in total. The van der Waals surface area contributed by atoms with E-state index in [1.807, 2.05) is 19.0 Å². The standard InChI is InChI=1S/C6H15NO2S/c1-7(2)3-6(4-8)5-10-9/h6,8-9H,3-5H2,1-2H3/t6-/m0/s1. The van der Waals surface area contributed by atoms with Crippen LogP contribution in [0.5, 0.6) is 0 Å². The maximum atomic E-state index is 8.75. The second-order valence-corrected chi connectivity index (χ2v) is 3.20. The minimum atomic E-state index is 0.145. The van der Waals surface area contributed by atoms with Crippen LogP contribution in [0.2, 0.25) is 0 Å². The second-order valence-electron chi connectivity index (χ2n) is 2.61. The summed E-state index contributed by atoms with van der Waals surface area (Å²) in [4.78, 5) is 2.00. The normalized spacial score (nSPS) is 14.1. The quantitative estimate of drug-likeness (QED) is 0.577. The van der Waals surface area contributed by atoms with E-state index in [1.165, 1.54) is 0 Å². The first kappa shape index (κ1) is 10.2. The Bertz CT molecular complexity index is 80.1. The van der Waals surface area contributed by atoms with Gasteiger partial charge < -0.3 is 14.6 Å². The molecular weight excluding hydrogens is 150 g/mol. The zero-order chi connectivity index (χ0) is 7.98. The highest BCUT2D eigenvalue weighted by molar-refractivity contribution is 7.93. The summed E-state index contributed by atoms with van der Waals surface area (Å²) < 4.78 is 8.47. The maximum absolute atomic E-state index is 8.75. The second kappa shape index (κ2) is 5.97. The highest BCUT2D eigenvalue weighted by atomic mass is 32.2. The molecule has 0 fully saturated rings. The molecule has 3 nitrogen and oxygen atoms in total. The third-order valence-corrected chi connectivity index (χ3v) is 1.81. The average Bonchev–Trinajstić information content (AvgIpc) is 1.86. The highest BCUT2D eigenvalue weighted by Gasteiger charge is 2.07. The summed E-state index contributed by atoms with van der Waals surface area (Å²) in [5.74, 6) is 0.791. The van der Waals surface area contributed by atoms with Gasteiger partial charge in [-0.25, -0.2) is 0 Å². The van der Waals surface area contributed by atoms with Crippen molar-refractivity contribution < 1.29 is 9.66 Å². The van der Waals surface area contributed by atoms with Gasteiger partial charge in [-0.2, -0.15) is 0 Å². The summed E-state index contributed by atoms with van der Waals surface area (Å²) in [6, 6.07) is 0. The Labute approximate surface area is 66.2 Å². The Morgan fingerprint density at radius 1 is 1.50 bits per heavy atom. The zero-order valence-corrected chi connectivity index (χ0v) is 7.27. The van der Waals surface area contributed by atoms with Gasteiger partial charge in [-0.15, -0.1) is 0 Å². The van der Waals surface area contributed by atoms with Gasteiger partial charge in [-0.3, -0.25) is 0 Å². The van der Waals surface area contributed by atoms with Crippen LogP contribution in [0.25, 0.3) is 0 Å². The van der Waals surface area contributed by atoms with Crippen molar-refractivity contribution in [2.24, 2.45) is 5.92 Å². The van der Waals surface area contributed by atoms with Crippen LogP contribution in [-0.4, -0.2) is 47.6 Å². The molecule has 62 valence electrons. The molecule has 1 atom stereocenters. The Morgan fingerprint density at radius 3 is 2.40 bits per heavy atom. The molecule has 0 heterocycles. The Balaban J connectivity index is 3.39. The van der Waals surface area contributed by atoms with Crippen molar-refractivity contribution in [1.29, 1.82) is 0 Å². The van der Waals surface area contributed by atoms with Crippen LogP contribution < -0.4 is 0 Å². The van der Waals surface area contributed by atoms with Crippen LogP contribution >= 0.6 is 12.0 Å². The first-order chi connectivity index (χ1) is 4.70. The summed E-state index contributed by atoms with van der Waals surface area (Å²) in [5.41, 5.74) is 0. The van der Waals surface area contributed by atoms with Crippen molar-refractivity contribution in [2.75, 3.05) is 33.0 Å². The van der Waals surface area contributed by atoms with E-state index in [2.05, 4.69) is 0 Å². The molecule has 0 aromatic rings. The van der Waals surface area contributed by atoms with Crippen molar-refractivity contribution >= 4 is 12.0 Å². The maximum Gasteiger partial charge on any atom is 0.0480 e. The predicted molar refractivity (Wildman–Crippen MR) is 44.2 cm³/mol. The number of hydrogen-bond donors (Lipinski definition) is 2. The van der Waals surface area contributed by atoms with Crippen molar-refractivity contribution in [3.63, 3.8) is 0 Å². The van der Waals surface area contributed by atoms with Crippen LogP contribution in [0, 0.1) is 5.92 Å². The molecule has 0 aromatic heterocycles. The first-order valence-electron chi connectivity index (χ1n) is 3.22. The van der Waals surface area contributed by atoms with E-state index < -0.39 is 0 Å². The number of aliphatic hydroxyl groups excluding tert-OH is 1. The lowest BCUT2D eigenvalue weighted by Crippen LogP contribution is -2.25. The van der Waals surface area contributed by atoms with Crippen LogP contribution in [0.4, 0.5) is 0 Å². The number of nitrogens with zero attached hydrogens (tertiary/aromatic N) is 1.